The normalized spacial score (nSPS) is 12.8. The summed E-state index contributed by atoms with van der Waals surface area (Å²) in [4.78, 5) is 25.2. The number of benzene rings is 3. The second kappa shape index (κ2) is 11.3. The Hall–Kier alpha value is -4.06. The van der Waals surface area contributed by atoms with E-state index in [1.165, 1.54) is 0 Å². The third-order valence-electron chi connectivity index (χ3n) is 6.97. The molecule has 0 spiro atoms. The molecule has 192 valence electrons. The molecule has 0 fully saturated rings. The van der Waals surface area contributed by atoms with Crippen molar-refractivity contribution < 1.29 is 28.5 Å². The molecule has 0 saturated heterocycles. The SMILES string of the molecule is C=CCOC(=O)CCC1(CCC(=O)OCC=C)c2cc(OC)c(OC)cc2-c2cc3ccccc3cc21. The van der Waals surface area contributed by atoms with Crippen molar-refractivity contribution in [1.29, 1.82) is 0 Å². The molecule has 6 nitrogen and oxygen atoms in total. The van der Waals surface area contributed by atoms with Crippen molar-refractivity contribution in [2.45, 2.75) is 31.1 Å². The van der Waals surface area contributed by atoms with Crippen molar-refractivity contribution in [3.8, 4) is 22.6 Å². The molecule has 0 N–H and O–H groups in total. The van der Waals surface area contributed by atoms with Crippen LogP contribution in [-0.4, -0.2) is 39.4 Å². The van der Waals surface area contributed by atoms with E-state index in [1.807, 2.05) is 24.3 Å². The van der Waals surface area contributed by atoms with Gasteiger partial charge >= 0.3 is 11.9 Å². The summed E-state index contributed by atoms with van der Waals surface area (Å²) in [7, 11) is 3.21. The second-order valence-electron chi connectivity index (χ2n) is 9.02. The van der Waals surface area contributed by atoms with Gasteiger partial charge in [0.15, 0.2) is 11.5 Å². The molecule has 1 aliphatic rings. The molecular weight excluding hydrogens is 468 g/mol. The Bertz CT molecular complexity index is 1310. The molecule has 0 aliphatic heterocycles. The van der Waals surface area contributed by atoms with Crippen molar-refractivity contribution in [3.05, 3.63) is 85.0 Å². The summed E-state index contributed by atoms with van der Waals surface area (Å²) in [6.45, 7) is 7.55. The first-order chi connectivity index (χ1) is 18.0. The van der Waals surface area contributed by atoms with Gasteiger partial charge in [0.25, 0.3) is 0 Å². The van der Waals surface area contributed by atoms with Crippen molar-refractivity contribution in [2.75, 3.05) is 27.4 Å². The largest absolute Gasteiger partial charge is 0.493 e. The van der Waals surface area contributed by atoms with Gasteiger partial charge in [0, 0.05) is 18.3 Å². The summed E-state index contributed by atoms with van der Waals surface area (Å²) in [6.07, 6.45) is 4.35. The van der Waals surface area contributed by atoms with Gasteiger partial charge in [0.05, 0.1) is 14.2 Å². The van der Waals surface area contributed by atoms with Crippen LogP contribution in [0, 0.1) is 0 Å². The fourth-order valence-electron chi connectivity index (χ4n) is 5.24. The number of carbonyl (C=O) groups is 2. The van der Waals surface area contributed by atoms with Crippen LogP contribution in [0.15, 0.2) is 73.8 Å². The van der Waals surface area contributed by atoms with Gasteiger partial charge in [-0.15, -0.1) is 0 Å². The van der Waals surface area contributed by atoms with Gasteiger partial charge in [0.1, 0.15) is 13.2 Å². The third-order valence-corrected chi connectivity index (χ3v) is 6.97. The van der Waals surface area contributed by atoms with Gasteiger partial charge in [-0.1, -0.05) is 49.6 Å². The highest BCUT2D eigenvalue weighted by molar-refractivity contribution is 5.94. The zero-order chi connectivity index (χ0) is 26.4. The van der Waals surface area contributed by atoms with Crippen LogP contribution in [0.3, 0.4) is 0 Å². The van der Waals surface area contributed by atoms with Gasteiger partial charge < -0.3 is 18.9 Å². The number of rotatable bonds is 12. The summed E-state index contributed by atoms with van der Waals surface area (Å²) >= 11 is 0. The standard InChI is InChI=1S/C31H32O6/c1-5-15-36-29(32)11-13-31(14-12-30(33)37-16-6-2)25-18-22-10-8-7-9-21(22)17-23(25)24-19-27(34-3)28(35-4)20-26(24)31/h5-10,17-20H,1-2,11-16H2,3-4H3. The summed E-state index contributed by atoms with van der Waals surface area (Å²) < 4.78 is 21.9. The summed E-state index contributed by atoms with van der Waals surface area (Å²) in [5.41, 5.74) is 3.45. The summed E-state index contributed by atoms with van der Waals surface area (Å²) in [6, 6.07) is 16.5. The minimum Gasteiger partial charge on any atom is -0.493 e. The Morgan fingerprint density at radius 2 is 1.24 bits per heavy atom. The molecule has 1 aliphatic carbocycles. The number of carbonyl (C=O) groups excluding carboxylic acids is 2. The molecule has 3 aromatic carbocycles. The Morgan fingerprint density at radius 1 is 0.757 bits per heavy atom. The maximum atomic E-state index is 12.6. The lowest BCUT2D eigenvalue weighted by atomic mass is 9.71. The minimum atomic E-state index is -0.644. The van der Waals surface area contributed by atoms with Gasteiger partial charge in [-0.2, -0.15) is 0 Å². The molecule has 0 bridgehead atoms. The van der Waals surface area contributed by atoms with E-state index in [2.05, 4.69) is 37.4 Å². The first kappa shape index (κ1) is 26.0. The van der Waals surface area contributed by atoms with E-state index in [0.29, 0.717) is 24.3 Å². The predicted molar refractivity (Wildman–Crippen MR) is 144 cm³/mol. The second-order valence-corrected chi connectivity index (χ2v) is 9.02. The van der Waals surface area contributed by atoms with Crippen LogP contribution in [0.1, 0.15) is 36.8 Å². The Labute approximate surface area is 217 Å². The average molecular weight is 501 g/mol. The molecule has 6 heteroatoms. The Balaban J connectivity index is 1.89. The maximum Gasteiger partial charge on any atom is 0.306 e. The molecule has 4 rings (SSSR count). The lowest BCUT2D eigenvalue weighted by Gasteiger charge is -2.32. The highest BCUT2D eigenvalue weighted by atomic mass is 16.5. The van der Waals surface area contributed by atoms with Crippen molar-refractivity contribution in [1.82, 2.24) is 0 Å². The molecule has 0 amide bonds. The molecular formula is C31H32O6. The van der Waals surface area contributed by atoms with Gasteiger partial charge in [0.2, 0.25) is 0 Å². The van der Waals surface area contributed by atoms with Gasteiger partial charge in [-0.05, 0) is 70.1 Å². The molecule has 0 saturated carbocycles. The van der Waals surface area contributed by atoms with Crippen molar-refractivity contribution in [2.24, 2.45) is 0 Å². The number of hydrogen-bond donors (Lipinski definition) is 0. The predicted octanol–water partition coefficient (Wildman–Crippen LogP) is 6.14. The summed E-state index contributed by atoms with van der Waals surface area (Å²) in [5, 5.41) is 2.19. The average Bonchev–Trinajstić information content (AvgIpc) is 3.18. The molecule has 0 radical (unpaired) electrons. The van der Waals surface area contributed by atoms with E-state index in [9.17, 15) is 9.59 Å². The molecule has 0 atom stereocenters. The topological polar surface area (TPSA) is 71.1 Å². The number of fused-ring (bicyclic) bond motifs is 4. The van der Waals surface area contributed by atoms with E-state index in [0.717, 1.165) is 33.0 Å². The monoisotopic (exact) mass is 500 g/mol. The van der Waals surface area contributed by atoms with Gasteiger partial charge in [-0.25, -0.2) is 0 Å². The van der Waals surface area contributed by atoms with Crippen LogP contribution in [0.5, 0.6) is 11.5 Å². The molecule has 0 heterocycles. The van der Waals surface area contributed by atoms with Gasteiger partial charge in [-0.3, -0.25) is 9.59 Å². The van der Waals surface area contributed by atoms with Crippen molar-refractivity contribution >= 4 is 22.7 Å². The molecule has 0 aromatic heterocycles. The van der Waals surface area contributed by atoms with E-state index in [4.69, 9.17) is 18.9 Å². The Kier molecular flexibility index (Phi) is 7.97. The van der Waals surface area contributed by atoms with Crippen LogP contribution < -0.4 is 9.47 Å². The number of hydrogen-bond acceptors (Lipinski definition) is 6. The smallest absolute Gasteiger partial charge is 0.306 e. The fraction of sp³-hybridized carbons (Fsp3) is 0.290. The number of esters is 2. The van der Waals surface area contributed by atoms with E-state index in [1.54, 1.807) is 26.4 Å². The van der Waals surface area contributed by atoms with E-state index < -0.39 is 5.41 Å². The van der Waals surface area contributed by atoms with Crippen molar-refractivity contribution in [3.63, 3.8) is 0 Å². The van der Waals surface area contributed by atoms with Crippen LogP contribution >= 0.6 is 0 Å². The third kappa shape index (κ3) is 5.10. The van der Waals surface area contributed by atoms with Crippen LogP contribution in [0.2, 0.25) is 0 Å². The summed E-state index contributed by atoms with van der Waals surface area (Å²) in [5.74, 6) is 0.577. The Morgan fingerprint density at radius 3 is 1.78 bits per heavy atom. The maximum absolute atomic E-state index is 12.6. The van der Waals surface area contributed by atoms with Crippen LogP contribution in [-0.2, 0) is 24.5 Å². The zero-order valence-corrected chi connectivity index (χ0v) is 21.4. The fourth-order valence-corrected chi connectivity index (χ4v) is 5.24. The lowest BCUT2D eigenvalue weighted by molar-refractivity contribution is -0.142. The van der Waals surface area contributed by atoms with E-state index in [-0.39, 0.29) is 38.0 Å². The van der Waals surface area contributed by atoms with Crippen LogP contribution in [0.4, 0.5) is 0 Å². The van der Waals surface area contributed by atoms with Crippen LogP contribution in [0.25, 0.3) is 21.9 Å². The minimum absolute atomic E-state index is 0.155. The quantitative estimate of drug-likeness (QED) is 0.220. The number of ether oxygens (including phenoxy) is 4. The van der Waals surface area contributed by atoms with E-state index >= 15 is 0 Å². The number of methoxy groups -OCH3 is 2. The first-order valence-corrected chi connectivity index (χ1v) is 12.3. The molecule has 37 heavy (non-hydrogen) atoms. The zero-order valence-electron chi connectivity index (χ0n) is 21.4. The highest BCUT2D eigenvalue weighted by Crippen LogP contribution is 2.57. The highest BCUT2D eigenvalue weighted by Gasteiger charge is 2.44. The first-order valence-electron chi connectivity index (χ1n) is 12.3. The molecule has 3 aromatic rings. The molecule has 0 unspecified atom stereocenters. The lowest BCUT2D eigenvalue weighted by Crippen LogP contribution is -2.28.